The van der Waals surface area contributed by atoms with Crippen molar-refractivity contribution in [2.24, 2.45) is 47.3 Å². The maximum absolute atomic E-state index is 13.1. The molecule has 10 aliphatic rings. The van der Waals surface area contributed by atoms with Gasteiger partial charge in [-0.05, 0) is 23.7 Å². The first kappa shape index (κ1) is 18.4. The number of Topliss-reactive ketones (excluding diaryl/α,β-unsaturated/α-hetero) is 2. The highest BCUT2D eigenvalue weighted by Gasteiger charge is 2.64. The SMILES string of the molecule is COc1c2c(c(OC)c3c1[C@@H]1C=C[C@H]3[C@@H]3[C@@H]1[C@@H]1C=C[C@H]3C1=O)[C@@H]1C=C[C@H]2[C@@H]2[C@H]1[C@@H]1C=C[C@H]2C1=O. The van der Waals surface area contributed by atoms with Crippen molar-refractivity contribution in [3.63, 3.8) is 0 Å². The van der Waals surface area contributed by atoms with E-state index < -0.39 is 0 Å². The van der Waals surface area contributed by atoms with E-state index in [1.54, 1.807) is 14.2 Å². The lowest BCUT2D eigenvalue weighted by molar-refractivity contribution is -0.122. The molecule has 0 saturated heterocycles. The molecule has 1 aromatic carbocycles. The molecule has 34 heavy (non-hydrogen) atoms. The highest BCUT2D eigenvalue weighted by Crippen LogP contribution is 2.71. The Balaban J connectivity index is 1.33. The number of benzene rings is 1. The number of ether oxygens (including phenoxy) is 2. The van der Waals surface area contributed by atoms with Gasteiger partial charge in [0, 0.05) is 69.6 Å². The molecule has 1 aromatic rings. The molecule has 0 radical (unpaired) electrons. The maximum atomic E-state index is 13.1. The van der Waals surface area contributed by atoms with Crippen molar-refractivity contribution in [3.8, 4) is 11.5 Å². The van der Waals surface area contributed by atoms with Gasteiger partial charge in [-0.3, -0.25) is 9.59 Å². The fourth-order valence-corrected chi connectivity index (χ4v) is 10.1. The molecule has 0 N–H and O–H groups in total. The number of ketones is 2. The van der Waals surface area contributed by atoms with E-state index in [0.29, 0.717) is 35.2 Å². The van der Waals surface area contributed by atoms with Crippen LogP contribution in [0.25, 0.3) is 0 Å². The summed E-state index contributed by atoms with van der Waals surface area (Å²) < 4.78 is 12.6. The highest BCUT2D eigenvalue weighted by atomic mass is 16.5. The smallest absolute Gasteiger partial charge is 0.147 e. The summed E-state index contributed by atoms with van der Waals surface area (Å²) in [4.78, 5) is 26.2. The molecular formula is C30H26O4. The van der Waals surface area contributed by atoms with E-state index >= 15 is 0 Å². The molecule has 4 nitrogen and oxygen atoms in total. The number of carbonyl (C=O) groups is 2. The van der Waals surface area contributed by atoms with E-state index in [0.717, 1.165) is 11.5 Å². The molecule has 11 rings (SSSR count). The molecule has 4 heteroatoms. The number of carbonyl (C=O) groups excluding carboxylic acids is 2. The zero-order chi connectivity index (χ0) is 22.6. The van der Waals surface area contributed by atoms with Gasteiger partial charge in [0.05, 0.1) is 14.2 Å². The van der Waals surface area contributed by atoms with Gasteiger partial charge in [0.1, 0.15) is 23.1 Å². The van der Waals surface area contributed by atoms with Gasteiger partial charge in [-0.15, -0.1) is 0 Å². The van der Waals surface area contributed by atoms with Gasteiger partial charge < -0.3 is 9.47 Å². The minimum absolute atomic E-state index is 0.0291. The summed E-state index contributed by atoms with van der Waals surface area (Å²) >= 11 is 0. The Labute approximate surface area is 198 Å². The van der Waals surface area contributed by atoms with Crippen molar-refractivity contribution >= 4 is 11.6 Å². The number of hydrogen-bond donors (Lipinski definition) is 0. The van der Waals surface area contributed by atoms with Gasteiger partial charge in [0.15, 0.2) is 0 Å². The number of allylic oxidation sites excluding steroid dienone is 8. The zero-order valence-electron chi connectivity index (χ0n) is 19.2. The van der Waals surface area contributed by atoms with Crippen molar-refractivity contribution in [1.29, 1.82) is 0 Å². The van der Waals surface area contributed by atoms with E-state index in [4.69, 9.17) is 9.47 Å². The lowest BCUT2D eigenvalue weighted by Crippen LogP contribution is -2.41. The van der Waals surface area contributed by atoms with Crippen molar-refractivity contribution in [2.75, 3.05) is 14.2 Å². The summed E-state index contributed by atoms with van der Waals surface area (Å²) in [6, 6.07) is 0. The summed E-state index contributed by atoms with van der Waals surface area (Å²) in [5, 5.41) is 0. The van der Waals surface area contributed by atoms with Crippen LogP contribution in [-0.4, -0.2) is 25.8 Å². The third-order valence-electron chi connectivity index (χ3n) is 10.9. The molecule has 12 atom stereocenters. The average Bonchev–Trinajstić information content (AvgIpc) is 3.60. The number of rotatable bonds is 2. The summed E-state index contributed by atoms with van der Waals surface area (Å²) in [5.74, 6) is 4.88. The van der Waals surface area contributed by atoms with Crippen LogP contribution >= 0.6 is 0 Å². The van der Waals surface area contributed by atoms with E-state index in [2.05, 4.69) is 48.6 Å². The first-order valence-electron chi connectivity index (χ1n) is 12.8. The van der Waals surface area contributed by atoms with Crippen LogP contribution < -0.4 is 9.47 Å². The molecule has 2 saturated carbocycles. The van der Waals surface area contributed by atoms with Crippen LogP contribution in [0.5, 0.6) is 11.5 Å². The summed E-state index contributed by atoms with van der Waals surface area (Å²) in [7, 11) is 3.60. The average molecular weight is 451 g/mol. The summed E-state index contributed by atoms with van der Waals surface area (Å²) in [5.41, 5.74) is 5.01. The molecule has 170 valence electrons. The van der Waals surface area contributed by atoms with Crippen molar-refractivity contribution < 1.29 is 19.1 Å². The maximum Gasteiger partial charge on any atom is 0.147 e. The minimum atomic E-state index is 0.0291. The molecule has 0 unspecified atom stereocenters. The van der Waals surface area contributed by atoms with Gasteiger partial charge in [0.25, 0.3) is 0 Å². The van der Waals surface area contributed by atoms with Gasteiger partial charge in [0.2, 0.25) is 0 Å². The number of fused-ring (bicyclic) bond motifs is 4. The van der Waals surface area contributed by atoms with E-state index in [1.165, 1.54) is 22.3 Å². The highest BCUT2D eigenvalue weighted by molar-refractivity contribution is 5.95. The Morgan fingerprint density at radius 1 is 0.441 bits per heavy atom. The predicted molar refractivity (Wildman–Crippen MR) is 125 cm³/mol. The molecular weight excluding hydrogens is 424 g/mol. The van der Waals surface area contributed by atoms with Crippen LogP contribution in [0, 0.1) is 47.3 Å². The summed E-state index contributed by atoms with van der Waals surface area (Å²) in [6.45, 7) is 0. The lowest BCUT2D eigenvalue weighted by atomic mass is 9.52. The molecule has 0 aromatic heterocycles. The first-order valence-corrected chi connectivity index (χ1v) is 12.8. The normalized spacial score (nSPS) is 47.9. The molecule has 0 spiro atoms. The fourth-order valence-electron chi connectivity index (χ4n) is 10.1. The molecule has 10 aliphatic carbocycles. The standard InChI is InChI=1S/C30H26O4/c1-33-29-23-11-3-5-13(21-17-9-7-15(19(11)21)27(17)31)25(23)30(34-2)26-14-6-4-12(24(26)29)20-16-8-10-18(22(14)20)28(16)32/h3-22H,1-2H3/t11-,12+,13+,14-,15+,16-,17-,18+,19-,20-,21+,22-/m0/s1. The van der Waals surface area contributed by atoms with Crippen LogP contribution in [0.4, 0.5) is 0 Å². The second-order valence-electron chi connectivity index (χ2n) is 11.6. The van der Waals surface area contributed by atoms with E-state index in [1.807, 2.05) is 0 Å². The van der Waals surface area contributed by atoms with E-state index in [9.17, 15) is 9.59 Å². The Hall–Kier alpha value is -2.88. The second kappa shape index (κ2) is 5.67. The monoisotopic (exact) mass is 450 g/mol. The third kappa shape index (κ3) is 1.68. The van der Waals surface area contributed by atoms with Gasteiger partial charge in [-0.1, -0.05) is 48.6 Å². The lowest BCUT2D eigenvalue weighted by Gasteiger charge is -2.52. The van der Waals surface area contributed by atoms with Gasteiger partial charge in [-0.2, -0.15) is 0 Å². The fraction of sp³-hybridized carbons (Fsp3) is 0.467. The van der Waals surface area contributed by atoms with Crippen LogP contribution in [0.2, 0.25) is 0 Å². The van der Waals surface area contributed by atoms with Crippen molar-refractivity contribution in [3.05, 3.63) is 70.9 Å². The summed E-state index contributed by atoms with van der Waals surface area (Å²) in [6.07, 6.45) is 18.0. The molecule has 0 aliphatic heterocycles. The molecule has 8 bridgehead atoms. The number of hydrogen-bond acceptors (Lipinski definition) is 4. The zero-order valence-corrected chi connectivity index (χ0v) is 19.2. The minimum Gasteiger partial charge on any atom is -0.496 e. The topological polar surface area (TPSA) is 52.6 Å². The number of methoxy groups -OCH3 is 2. The molecule has 0 amide bonds. The Kier molecular flexibility index (Phi) is 3.08. The van der Waals surface area contributed by atoms with Crippen molar-refractivity contribution in [2.45, 2.75) is 23.7 Å². The predicted octanol–water partition coefficient (Wildman–Crippen LogP) is 4.44. The molecule has 2 fully saturated rings. The van der Waals surface area contributed by atoms with Crippen LogP contribution in [0.15, 0.2) is 48.6 Å². The Morgan fingerprint density at radius 2 is 0.676 bits per heavy atom. The largest absolute Gasteiger partial charge is 0.496 e. The Bertz CT molecular complexity index is 1170. The third-order valence-corrected chi connectivity index (χ3v) is 10.9. The first-order chi connectivity index (χ1) is 16.7. The van der Waals surface area contributed by atoms with Crippen LogP contribution in [0.1, 0.15) is 45.9 Å². The second-order valence-corrected chi connectivity index (χ2v) is 11.6. The van der Waals surface area contributed by atoms with E-state index in [-0.39, 0.29) is 47.3 Å². The van der Waals surface area contributed by atoms with Gasteiger partial charge >= 0.3 is 0 Å². The van der Waals surface area contributed by atoms with Crippen LogP contribution in [0.3, 0.4) is 0 Å². The van der Waals surface area contributed by atoms with Crippen molar-refractivity contribution in [1.82, 2.24) is 0 Å². The quantitative estimate of drug-likeness (QED) is 0.625. The van der Waals surface area contributed by atoms with Gasteiger partial charge in [-0.25, -0.2) is 0 Å². The molecule has 0 heterocycles. The Morgan fingerprint density at radius 3 is 0.912 bits per heavy atom. The van der Waals surface area contributed by atoms with Crippen LogP contribution in [-0.2, 0) is 9.59 Å².